The molecule has 2 heterocycles. The molecule has 0 radical (unpaired) electrons. The van der Waals surface area contributed by atoms with Crippen LogP contribution in [0, 0.1) is 17.8 Å². The summed E-state index contributed by atoms with van der Waals surface area (Å²) in [6, 6.07) is 0. The number of carbonyl (C=O) groups is 2. The number of piperidine rings is 2. The Balaban J connectivity index is 2.57. The predicted molar refractivity (Wildman–Crippen MR) is 170 cm³/mol. The lowest BCUT2D eigenvalue weighted by Gasteiger charge is -2.58. The van der Waals surface area contributed by atoms with Gasteiger partial charge in [0.15, 0.2) is 0 Å². The van der Waals surface area contributed by atoms with Gasteiger partial charge in [0.05, 0.1) is 11.5 Å². The Morgan fingerprint density at radius 1 is 0.732 bits per heavy atom. The van der Waals surface area contributed by atoms with Gasteiger partial charge in [-0.15, -0.1) is 6.58 Å². The van der Waals surface area contributed by atoms with E-state index in [1.165, 1.54) is 0 Å². The second kappa shape index (κ2) is 13.8. The molecule has 41 heavy (non-hydrogen) atoms. The third kappa shape index (κ3) is 8.69. The summed E-state index contributed by atoms with van der Waals surface area (Å²) in [7, 11) is 4.33. The highest BCUT2D eigenvalue weighted by Crippen LogP contribution is 2.51. The number of hydrogen-bond acceptors (Lipinski definition) is 4. The zero-order valence-electron chi connectivity index (χ0n) is 28.1. The van der Waals surface area contributed by atoms with Crippen LogP contribution in [0.5, 0.6) is 0 Å². The van der Waals surface area contributed by atoms with Crippen LogP contribution in [0.1, 0.15) is 132 Å². The highest BCUT2D eigenvalue weighted by molar-refractivity contribution is 5.94. The van der Waals surface area contributed by atoms with Crippen LogP contribution in [-0.2, 0) is 9.59 Å². The summed E-state index contributed by atoms with van der Waals surface area (Å²) in [6.45, 7) is 21.7. The Kier molecular flexibility index (Phi) is 11.9. The summed E-state index contributed by atoms with van der Waals surface area (Å²) in [5, 5.41) is 21.3. The zero-order valence-corrected chi connectivity index (χ0v) is 28.1. The molecule has 0 amide bonds. The van der Waals surface area contributed by atoms with Gasteiger partial charge in [-0.05, 0) is 126 Å². The normalized spacial score (nSPS) is 23.6. The van der Waals surface area contributed by atoms with E-state index in [9.17, 15) is 19.8 Å². The minimum atomic E-state index is -1.04. The largest absolute Gasteiger partial charge is 0.481 e. The smallest absolute Gasteiger partial charge is 0.332 e. The van der Waals surface area contributed by atoms with Gasteiger partial charge in [-0.25, -0.2) is 4.79 Å². The molecule has 2 aliphatic rings. The molecular weight excluding hydrogens is 512 g/mol. The Morgan fingerprint density at radius 3 is 1.44 bits per heavy atom. The molecule has 0 aromatic heterocycles. The maximum absolute atomic E-state index is 13.2. The van der Waals surface area contributed by atoms with E-state index in [1.807, 2.05) is 6.08 Å². The van der Waals surface area contributed by atoms with Crippen LogP contribution in [0.25, 0.3) is 0 Å². The monoisotopic (exact) mass is 574 g/mol. The van der Waals surface area contributed by atoms with E-state index in [0.29, 0.717) is 6.42 Å². The summed E-state index contributed by atoms with van der Waals surface area (Å²) in [4.78, 5) is 30.9. The first-order valence-corrected chi connectivity index (χ1v) is 16.1. The third-order valence-electron chi connectivity index (χ3n) is 10.8. The second-order valence-corrected chi connectivity index (χ2v) is 15.6. The van der Waals surface area contributed by atoms with Gasteiger partial charge in [0.2, 0.25) is 0 Å². The quantitative estimate of drug-likeness (QED) is 0.124. The number of rotatable bonds is 14. The van der Waals surface area contributed by atoms with Crippen molar-refractivity contribution in [3.8, 4) is 0 Å². The van der Waals surface area contributed by atoms with Crippen molar-refractivity contribution in [3.05, 3.63) is 23.8 Å². The van der Waals surface area contributed by atoms with Crippen LogP contribution >= 0.6 is 0 Å². The van der Waals surface area contributed by atoms with Crippen molar-refractivity contribution < 1.29 is 19.8 Å². The molecule has 2 N–H and O–H groups in total. The average molecular weight is 575 g/mol. The molecule has 6 heteroatoms. The van der Waals surface area contributed by atoms with Crippen molar-refractivity contribution in [2.45, 2.75) is 155 Å². The van der Waals surface area contributed by atoms with Gasteiger partial charge in [0.25, 0.3) is 0 Å². The molecule has 2 saturated heterocycles. The molecule has 2 rings (SSSR count). The minimum Gasteiger partial charge on any atom is -0.481 e. The highest BCUT2D eigenvalue weighted by atomic mass is 16.4. The van der Waals surface area contributed by atoms with Crippen molar-refractivity contribution in [1.29, 1.82) is 0 Å². The van der Waals surface area contributed by atoms with Crippen LogP contribution in [0.3, 0.4) is 0 Å². The number of carboxylic acids is 2. The second-order valence-electron chi connectivity index (χ2n) is 15.6. The molecule has 0 saturated carbocycles. The molecule has 0 spiro atoms. The average Bonchev–Trinajstić information content (AvgIpc) is 2.82. The van der Waals surface area contributed by atoms with E-state index >= 15 is 0 Å². The van der Waals surface area contributed by atoms with Crippen LogP contribution in [0.4, 0.5) is 0 Å². The third-order valence-corrected chi connectivity index (χ3v) is 10.8. The fraction of sp³-hybridized carbons (Fsp3) is 0.829. The van der Waals surface area contributed by atoms with Crippen LogP contribution in [0.2, 0.25) is 0 Å². The first kappa shape index (κ1) is 35.5. The van der Waals surface area contributed by atoms with Gasteiger partial charge < -0.3 is 10.2 Å². The Morgan fingerprint density at radius 2 is 1.10 bits per heavy atom. The van der Waals surface area contributed by atoms with Gasteiger partial charge in [0, 0.05) is 22.2 Å². The topological polar surface area (TPSA) is 81.1 Å². The predicted octanol–water partition coefficient (Wildman–Crippen LogP) is 8.17. The molecule has 1 atom stereocenters. The fourth-order valence-corrected chi connectivity index (χ4v) is 8.16. The molecule has 2 aliphatic heterocycles. The van der Waals surface area contributed by atoms with E-state index in [4.69, 9.17) is 0 Å². The van der Waals surface area contributed by atoms with E-state index < -0.39 is 17.9 Å². The molecule has 236 valence electrons. The van der Waals surface area contributed by atoms with Crippen molar-refractivity contribution in [2.75, 3.05) is 14.1 Å². The maximum Gasteiger partial charge on any atom is 0.332 e. The summed E-state index contributed by atoms with van der Waals surface area (Å²) < 4.78 is 0. The highest BCUT2D eigenvalue weighted by Gasteiger charge is 2.50. The number of aliphatic carboxylic acids is 2. The van der Waals surface area contributed by atoms with Crippen LogP contribution in [0.15, 0.2) is 23.8 Å². The summed E-state index contributed by atoms with van der Waals surface area (Å²) in [5.41, 5.74) is 0.567. The van der Waals surface area contributed by atoms with Gasteiger partial charge in [-0.3, -0.25) is 14.6 Å². The molecule has 6 nitrogen and oxygen atoms in total. The minimum absolute atomic E-state index is 0.0222. The van der Waals surface area contributed by atoms with E-state index in [2.05, 4.69) is 85.9 Å². The Bertz CT molecular complexity index is 881. The van der Waals surface area contributed by atoms with Crippen molar-refractivity contribution >= 4 is 11.9 Å². The lowest BCUT2D eigenvalue weighted by molar-refractivity contribution is -0.144. The molecule has 0 aliphatic carbocycles. The molecule has 0 aromatic carbocycles. The number of unbranched alkanes of at least 4 members (excludes halogenated alkanes) is 6. The van der Waals surface area contributed by atoms with Crippen LogP contribution in [-0.4, -0.2) is 68.2 Å². The summed E-state index contributed by atoms with van der Waals surface area (Å²) in [5.74, 6) is -2.98. The molecule has 0 bridgehead atoms. The lowest BCUT2D eigenvalue weighted by atomic mass is 9.62. The summed E-state index contributed by atoms with van der Waals surface area (Å²) in [6.07, 6.45) is 12.8. The standard InChI is InChI=1S/C35H62N2O4/c1-12-13-14-15-16-17-18-19-20-27(30(38)39)29(31(40)41)28(25-21-32(2,3)36(10)33(4,5)22-25)26-23-34(6,7)37(11)35(8,9)24-26/h12,25-27H,1,13-24H2,2-11H3,(H,38,39)(H,40,41). The first-order chi connectivity index (χ1) is 18.8. The van der Waals surface area contributed by atoms with E-state index in [0.717, 1.165) is 76.2 Å². The number of allylic oxidation sites excluding steroid dienone is 2. The van der Waals surface area contributed by atoms with Gasteiger partial charge in [-0.1, -0.05) is 43.8 Å². The van der Waals surface area contributed by atoms with Gasteiger partial charge >= 0.3 is 11.9 Å². The van der Waals surface area contributed by atoms with E-state index in [1.54, 1.807) is 0 Å². The van der Waals surface area contributed by atoms with Crippen molar-refractivity contribution in [1.82, 2.24) is 9.80 Å². The Hall–Kier alpha value is -1.66. The number of hydrogen-bond donors (Lipinski definition) is 2. The fourth-order valence-electron chi connectivity index (χ4n) is 8.16. The van der Waals surface area contributed by atoms with Crippen LogP contribution < -0.4 is 0 Å². The Labute approximate surface area is 251 Å². The van der Waals surface area contributed by atoms with Gasteiger partial charge in [0.1, 0.15) is 0 Å². The number of carboxylic acid groups (broad SMARTS) is 2. The number of nitrogens with zero attached hydrogens (tertiary/aromatic N) is 2. The van der Waals surface area contributed by atoms with Crippen molar-refractivity contribution in [2.24, 2.45) is 17.8 Å². The molecule has 0 aromatic rings. The first-order valence-electron chi connectivity index (χ1n) is 16.1. The lowest BCUT2D eigenvalue weighted by Crippen LogP contribution is -2.61. The van der Waals surface area contributed by atoms with Crippen molar-refractivity contribution in [3.63, 3.8) is 0 Å². The molecule has 2 fully saturated rings. The van der Waals surface area contributed by atoms with Gasteiger partial charge in [-0.2, -0.15) is 0 Å². The molecule has 1 unspecified atom stereocenters. The molecular formula is C35H62N2O4. The maximum atomic E-state index is 13.2. The number of likely N-dealkylation sites (tertiary alicyclic amines) is 2. The van der Waals surface area contributed by atoms with E-state index in [-0.39, 0.29) is 39.6 Å². The SMILES string of the molecule is C=CCCCCCCCCC(C(=O)O)C(C(=O)O)=C(C1CC(C)(C)N(C)C(C)(C)C1)C1CC(C)(C)N(C)C(C)(C)C1. The zero-order chi connectivity index (χ0) is 31.4. The summed E-state index contributed by atoms with van der Waals surface area (Å²) >= 11 is 0.